The summed E-state index contributed by atoms with van der Waals surface area (Å²) in [5.41, 5.74) is 0.547. The van der Waals surface area contributed by atoms with Gasteiger partial charge in [-0.3, -0.25) is 4.79 Å². The lowest BCUT2D eigenvalue weighted by Gasteiger charge is -2.34. The second-order valence-electron chi connectivity index (χ2n) is 4.63. The largest absolute Gasteiger partial charge is 0.480 e. The van der Waals surface area contributed by atoms with Gasteiger partial charge in [-0.25, -0.2) is 4.98 Å². The van der Waals surface area contributed by atoms with E-state index in [1.807, 2.05) is 11.8 Å². The Kier molecular flexibility index (Phi) is 4.74. The number of nitrogens with zero attached hydrogens (tertiary/aromatic N) is 2. The van der Waals surface area contributed by atoms with Crippen molar-refractivity contribution >= 4 is 5.91 Å². The van der Waals surface area contributed by atoms with Crippen LogP contribution in [-0.4, -0.2) is 48.6 Å². The normalized spacial score (nSPS) is 16.1. The maximum absolute atomic E-state index is 12.6. The average Bonchev–Trinajstić information content (AvgIpc) is 2.49. The van der Waals surface area contributed by atoms with Crippen molar-refractivity contribution < 1.29 is 9.53 Å². The van der Waals surface area contributed by atoms with Crippen molar-refractivity contribution in [2.75, 3.05) is 26.7 Å². The van der Waals surface area contributed by atoms with E-state index in [4.69, 9.17) is 4.74 Å². The van der Waals surface area contributed by atoms with Crippen molar-refractivity contribution in [1.82, 2.24) is 15.2 Å². The molecule has 1 amide bonds. The minimum Gasteiger partial charge on any atom is -0.480 e. The highest BCUT2D eigenvalue weighted by molar-refractivity contribution is 5.96. The van der Waals surface area contributed by atoms with Crippen LogP contribution in [0, 0.1) is 0 Å². The fourth-order valence-electron chi connectivity index (χ4n) is 2.56. The summed E-state index contributed by atoms with van der Waals surface area (Å²) in [5, 5.41) is 3.32. The summed E-state index contributed by atoms with van der Waals surface area (Å²) in [5.74, 6) is 0.416. The number of amides is 1. The van der Waals surface area contributed by atoms with Gasteiger partial charge in [0.15, 0.2) is 0 Å². The van der Waals surface area contributed by atoms with Gasteiger partial charge in [0.2, 0.25) is 5.88 Å². The van der Waals surface area contributed by atoms with Crippen molar-refractivity contribution in [1.29, 1.82) is 0 Å². The van der Waals surface area contributed by atoms with Crippen molar-refractivity contribution in [2.24, 2.45) is 0 Å². The van der Waals surface area contributed by atoms with Crippen LogP contribution in [0.4, 0.5) is 0 Å². The van der Waals surface area contributed by atoms with Crippen LogP contribution >= 0.6 is 0 Å². The second-order valence-corrected chi connectivity index (χ2v) is 4.63. The minimum absolute atomic E-state index is 0.0133. The van der Waals surface area contributed by atoms with E-state index in [0.29, 0.717) is 24.0 Å². The molecule has 0 aliphatic carbocycles. The summed E-state index contributed by atoms with van der Waals surface area (Å²) in [6.07, 6.45) is 3.64. The van der Waals surface area contributed by atoms with Crippen LogP contribution in [0.25, 0.3) is 0 Å². The Bertz CT molecular complexity index is 430. The first-order valence-electron chi connectivity index (χ1n) is 6.78. The predicted octanol–water partition coefficient (Wildman–Crippen LogP) is 1.30. The zero-order valence-corrected chi connectivity index (χ0v) is 11.6. The molecule has 0 atom stereocenters. The number of hydrogen-bond donors (Lipinski definition) is 1. The Morgan fingerprint density at radius 1 is 1.53 bits per heavy atom. The molecule has 5 heteroatoms. The molecular formula is C14H21N3O2. The Morgan fingerprint density at radius 3 is 2.89 bits per heavy atom. The Balaban J connectivity index is 2.19. The third kappa shape index (κ3) is 3.04. The van der Waals surface area contributed by atoms with E-state index in [9.17, 15) is 4.79 Å². The summed E-state index contributed by atoms with van der Waals surface area (Å²) >= 11 is 0. The molecule has 1 aliphatic rings. The number of nitrogens with one attached hydrogen (secondary N) is 1. The van der Waals surface area contributed by atoms with Crippen molar-refractivity contribution in [3.8, 4) is 5.88 Å². The molecule has 2 heterocycles. The van der Waals surface area contributed by atoms with Crippen molar-refractivity contribution in [3.63, 3.8) is 0 Å². The fourth-order valence-corrected chi connectivity index (χ4v) is 2.56. The van der Waals surface area contributed by atoms with E-state index in [2.05, 4.69) is 10.3 Å². The molecule has 0 saturated carbocycles. The van der Waals surface area contributed by atoms with Crippen LogP contribution in [0.1, 0.15) is 30.1 Å². The number of aromatic nitrogens is 1. The maximum Gasteiger partial charge on any atom is 0.259 e. The molecule has 1 aromatic heterocycles. The third-order valence-electron chi connectivity index (χ3n) is 3.55. The number of carbonyl (C=O) groups excluding carboxylic acids is 1. The Morgan fingerprint density at radius 2 is 2.26 bits per heavy atom. The van der Waals surface area contributed by atoms with Crippen LogP contribution in [-0.2, 0) is 0 Å². The Labute approximate surface area is 114 Å². The van der Waals surface area contributed by atoms with Gasteiger partial charge in [0, 0.05) is 18.8 Å². The number of pyridine rings is 1. The lowest BCUT2D eigenvalue weighted by molar-refractivity contribution is 0.0652. The molecule has 0 unspecified atom stereocenters. The first kappa shape index (κ1) is 13.8. The van der Waals surface area contributed by atoms with Gasteiger partial charge in [-0.2, -0.15) is 0 Å². The lowest BCUT2D eigenvalue weighted by Crippen LogP contribution is -2.46. The Hall–Kier alpha value is -1.62. The zero-order valence-electron chi connectivity index (χ0n) is 11.6. The highest BCUT2D eigenvalue weighted by Crippen LogP contribution is 2.20. The van der Waals surface area contributed by atoms with Gasteiger partial charge in [0.1, 0.15) is 5.56 Å². The standard InChI is InChI=1S/C14H21N3O2/c1-3-17(11-6-9-15-10-7-11)14(18)12-5-4-8-16-13(12)19-2/h4-5,8,11,15H,3,6-7,9-10H2,1-2H3. The number of carbonyl (C=O) groups is 1. The molecule has 2 rings (SSSR count). The van der Waals surface area contributed by atoms with Gasteiger partial charge in [-0.1, -0.05) is 0 Å². The first-order valence-corrected chi connectivity index (χ1v) is 6.78. The van der Waals surface area contributed by atoms with Crippen molar-refractivity contribution in [3.05, 3.63) is 23.9 Å². The van der Waals surface area contributed by atoms with E-state index in [1.54, 1.807) is 25.4 Å². The highest BCUT2D eigenvalue weighted by atomic mass is 16.5. The van der Waals surface area contributed by atoms with Crippen LogP contribution in [0.2, 0.25) is 0 Å². The van der Waals surface area contributed by atoms with Gasteiger partial charge in [0.25, 0.3) is 5.91 Å². The zero-order chi connectivity index (χ0) is 13.7. The summed E-state index contributed by atoms with van der Waals surface area (Å²) in [4.78, 5) is 18.7. The number of rotatable bonds is 4. The molecular weight excluding hydrogens is 242 g/mol. The molecule has 19 heavy (non-hydrogen) atoms. The summed E-state index contributed by atoms with van der Waals surface area (Å²) in [6, 6.07) is 3.85. The van der Waals surface area contributed by atoms with Crippen molar-refractivity contribution in [2.45, 2.75) is 25.8 Å². The number of methoxy groups -OCH3 is 1. The monoisotopic (exact) mass is 263 g/mol. The third-order valence-corrected chi connectivity index (χ3v) is 3.55. The van der Waals surface area contributed by atoms with Crippen LogP contribution in [0.3, 0.4) is 0 Å². The van der Waals surface area contributed by atoms with Gasteiger partial charge in [-0.15, -0.1) is 0 Å². The van der Waals surface area contributed by atoms with Crippen LogP contribution < -0.4 is 10.1 Å². The van der Waals surface area contributed by atoms with Gasteiger partial charge in [-0.05, 0) is 45.0 Å². The molecule has 1 fully saturated rings. The summed E-state index contributed by atoms with van der Waals surface area (Å²) in [6.45, 7) is 4.67. The minimum atomic E-state index is 0.0133. The molecule has 0 bridgehead atoms. The van der Waals surface area contributed by atoms with Crippen LogP contribution in [0.5, 0.6) is 5.88 Å². The molecule has 104 valence electrons. The molecule has 5 nitrogen and oxygen atoms in total. The second kappa shape index (κ2) is 6.52. The summed E-state index contributed by atoms with van der Waals surface area (Å²) in [7, 11) is 1.54. The molecule has 0 radical (unpaired) electrons. The molecule has 1 saturated heterocycles. The van der Waals surface area contributed by atoms with E-state index in [0.717, 1.165) is 25.9 Å². The average molecular weight is 263 g/mol. The maximum atomic E-state index is 12.6. The van der Waals surface area contributed by atoms with E-state index >= 15 is 0 Å². The van der Waals surface area contributed by atoms with Crippen LogP contribution in [0.15, 0.2) is 18.3 Å². The number of ether oxygens (including phenoxy) is 1. The van der Waals surface area contributed by atoms with E-state index < -0.39 is 0 Å². The fraction of sp³-hybridized carbons (Fsp3) is 0.571. The first-order chi connectivity index (χ1) is 9.27. The topological polar surface area (TPSA) is 54.5 Å². The SMILES string of the molecule is CCN(C(=O)c1cccnc1OC)C1CCNCC1. The quantitative estimate of drug-likeness (QED) is 0.889. The van der Waals surface area contributed by atoms with E-state index in [1.165, 1.54) is 0 Å². The lowest BCUT2D eigenvalue weighted by atomic mass is 10.0. The number of hydrogen-bond acceptors (Lipinski definition) is 4. The molecule has 0 spiro atoms. The molecule has 1 N–H and O–H groups in total. The number of piperidine rings is 1. The molecule has 1 aromatic rings. The summed E-state index contributed by atoms with van der Waals surface area (Å²) < 4.78 is 5.18. The smallest absolute Gasteiger partial charge is 0.259 e. The van der Waals surface area contributed by atoms with Gasteiger partial charge in [0.05, 0.1) is 7.11 Å². The molecule has 0 aromatic carbocycles. The highest BCUT2D eigenvalue weighted by Gasteiger charge is 2.26. The predicted molar refractivity (Wildman–Crippen MR) is 73.4 cm³/mol. The van der Waals surface area contributed by atoms with Gasteiger partial charge >= 0.3 is 0 Å². The van der Waals surface area contributed by atoms with E-state index in [-0.39, 0.29) is 5.91 Å². The molecule has 1 aliphatic heterocycles. The van der Waals surface area contributed by atoms with Gasteiger partial charge < -0.3 is 15.0 Å².